The van der Waals surface area contributed by atoms with Gasteiger partial charge in [-0.3, -0.25) is 19.3 Å². The Kier molecular flexibility index (Phi) is 4.19. The molecule has 4 aliphatic carbocycles. The third kappa shape index (κ3) is 2.55. The number of para-hydroxylation sites is 1. The van der Waals surface area contributed by atoms with Gasteiger partial charge in [0.2, 0.25) is 17.7 Å². The fraction of sp³-hybridized carbons (Fsp3) is 0.542. The molecule has 3 fully saturated rings. The average Bonchev–Trinajstić information content (AvgIpc) is 3.51. The lowest BCUT2D eigenvalue weighted by Crippen LogP contribution is -2.46. The Morgan fingerprint density at radius 2 is 1.55 bits per heavy atom. The molecule has 1 heterocycles. The number of nitrogens with zero attached hydrogens (tertiary/aromatic N) is 1. The molecule has 6 rings (SSSR count). The van der Waals surface area contributed by atoms with Crippen LogP contribution in [0.15, 0.2) is 30.4 Å². The molecule has 1 aliphatic heterocycles. The summed E-state index contributed by atoms with van der Waals surface area (Å²) >= 11 is 0. The summed E-state index contributed by atoms with van der Waals surface area (Å²) in [6, 6.07) is 5.22. The molecule has 29 heavy (non-hydrogen) atoms. The van der Waals surface area contributed by atoms with Gasteiger partial charge < -0.3 is 5.32 Å². The van der Waals surface area contributed by atoms with E-state index < -0.39 is 6.04 Å². The first-order valence-electron chi connectivity index (χ1n) is 10.9. The molecule has 7 atom stereocenters. The summed E-state index contributed by atoms with van der Waals surface area (Å²) in [5.74, 6) is 0.394. The summed E-state index contributed by atoms with van der Waals surface area (Å²) in [4.78, 5) is 40.9. The van der Waals surface area contributed by atoms with Gasteiger partial charge in [0.25, 0.3) is 0 Å². The van der Waals surface area contributed by atoms with E-state index in [1.165, 1.54) is 4.90 Å². The van der Waals surface area contributed by atoms with E-state index in [-0.39, 0.29) is 41.4 Å². The van der Waals surface area contributed by atoms with Crippen molar-refractivity contribution in [1.82, 2.24) is 4.90 Å². The number of hydrogen-bond donors (Lipinski definition) is 1. The highest BCUT2D eigenvalue weighted by Crippen LogP contribution is 2.65. The number of benzene rings is 1. The lowest BCUT2D eigenvalue weighted by atomic mass is 9.63. The van der Waals surface area contributed by atoms with Gasteiger partial charge >= 0.3 is 0 Å². The van der Waals surface area contributed by atoms with E-state index in [0.717, 1.165) is 36.1 Å². The summed E-state index contributed by atoms with van der Waals surface area (Å²) in [5.41, 5.74) is 2.97. The standard InChI is InChI=1S/C24H28N2O3/c1-4-13-7-6-8-14(5-2)21(13)25-22(27)12(3)26-23(28)19-15-9-10-16(18-11-17(15)18)20(19)24(26)29/h6-10,12,15-20H,4-5,11H2,1-3H3,(H,25,27)/t12-,15-,16-,17-,18+,19+,20+/m0/s1. The quantitative estimate of drug-likeness (QED) is 0.618. The van der Waals surface area contributed by atoms with Crippen molar-refractivity contribution in [3.8, 4) is 0 Å². The first-order valence-corrected chi connectivity index (χ1v) is 10.9. The van der Waals surface area contributed by atoms with Gasteiger partial charge in [0.05, 0.1) is 11.8 Å². The summed E-state index contributed by atoms with van der Waals surface area (Å²) in [7, 11) is 0. The number of anilines is 1. The van der Waals surface area contributed by atoms with Crippen molar-refractivity contribution in [2.75, 3.05) is 5.32 Å². The molecule has 0 aromatic heterocycles. The molecule has 5 aliphatic rings. The van der Waals surface area contributed by atoms with Crippen molar-refractivity contribution in [2.45, 2.75) is 46.1 Å². The second kappa shape index (κ2) is 6.54. The smallest absolute Gasteiger partial charge is 0.247 e. The molecule has 5 nitrogen and oxygen atoms in total. The number of hydrogen-bond acceptors (Lipinski definition) is 3. The van der Waals surface area contributed by atoms with Crippen LogP contribution in [0, 0.1) is 35.5 Å². The van der Waals surface area contributed by atoms with Crippen LogP contribution >= 0.6 is 0 Å². The molecule has 2 bridgehead atoms. The van der Waals surface area contributed by atoms with Crippen LogP contribution in [0.25, 0.3) is 0 Å². The van der Waals surface area contributed by atoms with Crippen LogP contribution in [0.3, 0.4) is 0 Å². The van der Waals surface area contributed by atoms with Crippen LogP contribution in [-0.4, -0.2) is 28.7 Å². The molecule has 1 aromatic carbocycles. The van der Waals surface area contributed by atoms with Crippen molar-refractivity contribution in [3.63, 3.8) is 0 Å². The number of likely N-dealkylation sites (tertiary alicyclic amines) is 1. The number of carbonyl (C=O) groups excluding carboxylic acids is 3. The number of allylic oxidation sites excluding steroid dienone is 2. The zero-order valence-electron chi connectivity index (χ0n) is 17.2. The third-order valence-electron chi connectivity index (χ3n) is 7.71. The zero-order valence-corrected chi connectivity index (χ0v) is 17.2. The zero-order chi connectivity index (χ0) is 20.4. The number of aryl methyl sites for hydroxylation is 2. The molecule has 1 aromatic rings. The van der Waals surface area contributed by atoms with Crippen LogP contribution in [-0.2, 0) is 27.2 Å². The number of rotatable bonds is 5. The van der Waals surface area contributed by atoms with Gasteiger partial charge in [-0.25, -0.2) is 0 Å². The lowest BCUT2D eigenvalue weighted by molar-refractivity contribution is -0.146. The fourth-order valence-corrected chi connectivity index (χ4v) is 6.11. The Labute approximate surface area is 171 Å². The van der Waals surface area contributed by atoms with E-state index in [9.17, 15) is 14.4 Å². The number of imide groups is 1. The minimum absolute atomic E-state index is 0.146. The van der Waals surface area contributed by atoms with E-state index in [1.807, 2.05) is 18.2 Å². The van der Waals surface area contributed by atoms with Gasteiger partial charge in [-0.15, -0.1) is 0 Å². The second-order valence-electron chi connectivity index (χ2n) is 9.02. The number of carbonyl (C=O) groups is 3. The van der Waals surface area contributed by atoms with Crippen molar-refractivity contribution < 1.29 is 14.4 Å². The van der Waals surface area contributed by atoms with Gasteiger partial charge in [-0.05, 0) is 61.0 Å². The molecular formula is C24H28N2O3. The Balaban J connectivity index is 1.39. The normalized spacial score (nSPS) is 34.8. The average molecular weight is 392 g/mol. The van der Waals surface area contributed by atoms with Crippen LogP contribution in [0.1, 0.15) is 38.3 Å². The highest BCUT2D eigenvalue weighted by atomic mass is 16.2. The molecule has 1 N–H and O–H groups in total. The van der Waals surface area contributed by atoms with Gasteiger partial charge in [0.1, 0.15) is 6.04 Å². The predicted molar refractivity (Wildman–Crippen MR) is 110 cm³/mol. The maximum Gasteiger partial charge on any atom is 0.247 e. The first kappa shape index (κ1) is 18.6. The van der Waals surface area contributed by atoms with Crippen LogP contribution in [0.2, 0.25) is 0 Å². The Hall–Kier alpha value is -2.43. The highest BCUT2D eigenvalue weighted by molar-refractivity contribution is 6.10. The van der Waals surface area contributed by atoms with Gasteiger partial charge in [0.15, 0.2) is 0 Å². The van der Waals surface area contributed by atoms with E-state index in [1.54, 1.807) is 6.92 Å². The summed E-state index contributed by atoms with van der Waals surface area (Å²) in [6.45, 7) is 5.79. The topological polar surface area (TPSA) is 66.5 Å². The summed E-state index contributed by atoms with van der Waals surface area (Å²) in [5, 5.41) is 3.04. The van der Waals surface area contributed by atoms with Gasteiger partial charge in [-0.1, -0.05) is 44.2 Å². The van der Waals surface area contributed by atoms with Crippen molar-refractivity contribution >= 4 is 23.4 Å². The largest absolute Gasteiger partial charge is 0.324 e. The molecule has 5 heteroatoms. The molecule has 0 unspecified atom stereocenters. The Morgan fingerprint density at radius 3 is 2.03 bits per heavy atom. The third-order valence-corrected chi connectivity index (χ3v) is 7.71. The van der Waals surface area contributed by atoms with Crippen molar-refractivity contribution in [1.29, 1.82) is 0 Å². The predicted octanol–water partition coefficient (Wildman–Crippen LogP) is 3.19. The van der Waals surface area contributed by atoms with Crippen LogP contribution in [0.4, 0.5) is 5.69 Å². The van der Waals surface area contributed by atoms with Gasteiger partial charge in [-0.2, -0.15) is 0 Å². The highest BCUT2D eigenvalue weighted by Gasteiger charge is 2.67. The van der Waals surface area contributed by atoms with Crippen LogP contribution < -0.4 is 5.32 Å². The Bertz CT molecular complexity index is 878. The molecule has 2 saturated carbocycles. The van der Waals surface area contributed by atoms with E-state index >= 15 is 0 Å². The molecule has 152 valence electrons. The number of nitrogens with one attached hydrogen (secondary N) is 1. The Morgan fingerprint density at radius 1 is 1.03 bits per heavy atom. The maximum atomic E-state index is 13.2. The van der Waals surface area contributed by atoms with Crippen LogP contribution in [0.5, 0.6) is 0 Å². The number of amides is 3. The van der Waals surface area contributed by atoms with Crippen molar-refractivity contribution in [2.24, 2.45) is 35.5 Å². The SMILES string of the molecule is CCc1cccc(CC)c1NC(=O)[C@H](C)N1C(=O)[C@@H]2[C@H]3C=C[C@@H]([C@@H]4C[C@H]34)[C@H]2C1=O. The minimum Gasteiger partial charge on any atom is -0.324 e. The van der Waals surface area contributed by atoms with Crippen molar-refractivity contribution in [3.05, 3.63) is 41.5 Å². The first-order chi connectivity index (χ1) is 14.0. The molecule has 1 saturated heterocycles. The molecule has 0 radical (unpaired) electrons. The summed E-state index contributed by atoms with van der Waals surface area (Å²) < 4.78 is 0. The van der Waals surface area contributed by atoms with Gasteiger partial charge in [0, 0.05) is 5.69 Å². The van der Waals surface area contributed by atoms with E-state index in [2.05, 4.69) is 31.3 Å². The second-order valence-corrected chi connectivity index (χ2v) is 9.02. The maximum absolute atomic E-state index is 13.2. The summed E-state index contributed by atoms with van der Waals surface area (Å²) in [6.07, 6.45) is 7.07. The van der Waals surface area contributed by atoms with E-state index in [4.69, 9.17) is 0 Å². The molecule has 3 amide bonds. The van der Waals surface area contributed by atoms with E-state index in [0.29, 0.717) is 11.8 Å². The fourth-order valence-electron chi connectivity index (χ4n) is 6.11. The lowest BCUT2D eigenvalue weighted by Gasteiger charge is -2.37. The minimum atomic E-state index is -0.800. The molecular weight excluding hydrogens is 364 g/mol. The molecule has 0 spiro atoms. The monoisotopic (exact) mass is 392 g/mol.